The van der Waals surface area contributed by atoms with Gasteiger partial charge in [0, 0.05) is 22.8 Å². The molecule has 0 saturated carbocycles. The van der Waals surface area contributed by atoms with Gasteiger partial charge in [-0.1, -0.05) is 58.9 Å². The third kappa shape index (κ3) is 3.73. The van der Waals surface area contributed by atoms with Crippen molar-refractivity contribution in [2.45, 2.75) is 58.9 Å². The van der Waals surface area contributed by atoms with E-state index in [1.165, 1.54) is 0 Å². The van der Waals surface area contributed by atoms with Gasteiger partial charge in [0.05, 0.1) is 6.26 Å². The summed E-state index contributed by atoms with van der Waals surface area (Å²) in [6, 6.07) is 0. The van der Waals surface area contributed by atoms with Crippen LogP contribution in [-0.2, 0) is 14.3 Å². The lowest BCUT2D eigenvalue weighted by atomic mass is 11.6. The largest absolute Gasteiger partial charge is 0.353 e. The molecule has 120 valence electrons. The van der Waals surface area contributed by atoms with Crippen LogP contribution in [0.3, 0.4) is 0 Å². The smallest absolute Gasteiger partial charge is 0.308 e. The van der Waals surface area contributed by atoms with Crippen LogP contribution in [0.25, 0.3) is 0 Å². The molecule has 0 aliphatic rings. The summed E-state index contributed by atoms with van der Waals surface area (Å²) in [6.07, 6.45) is 0.975. The molecule has 0 spiro atoms. The molecule has 9 heteroatoms. The van der Waals surface area contributed by atoms with Gasteiger partial charge in [0.1, 0.15) is 0 Å². The summed E-state index contributed by atoms with van der Waals surface area (Å²) in [5.74, 6) is 0. The lowest BCUT2D eigenvalue weighted by Gasteiger charge is -2.53. The van der Waals surface area contributed by atoms with Gasteiger partial charge in [-0.05, 0) is 0 Å². The Morgan fingerprint density at radius 3 is 1.15 bits per heavy atom. The van der Waals surface area contributed by atoms with Crippen LogP contribution in [-0.4, -0.2) is 49.7 Å². The standard InChI is InChI=1S/C11H30O4SSi4/c1-16(13,14)15-11(12)20(17(2,3)4,18(5,6)7)19(8,9)10/h1-10H3. The van der Waals surface area contributed by atoms with E-state index >= 15 is 0 Å². The van der Waals surface area contributed by atoms with E-state index in [-0.39, 0.29) is 5.59 Å². The Kier molecular flexibility index (Phi) is 5.57. The zero-order valence-electron chi connectivity index (χ0n) is 14.5. The van der Waals surface area contributed by atoms with Crippen molar-refractivity contribution in [1.29, 1.82) is 0 Å². The predicted molar refractivity (Wildman–Crippen MR) is 97.1 cm³/mol. The van der Waals surface area contributed by atoms with Crippen LogP contribution in [0.15, 0.2) is 0 Å². The zero-order chi connectivity index (χ0) is 16.8. The van der Waals surface area contributed by atoms with Crippen molar-refractivity contribution in [3.63, 3.8) is 0 Å². The van der Waals surface area contributed by atoms with Crippen molar-refractivity contribution in [1.82, 2.24) is 0 Å². The molecule has 0 amide bonds. The SMILES string of the molecule is C[Si](C)(C)[Si](C(=O)OS(C)(=O)=O)([Si](C)(C)C)[Si](C)(C)C. The number of hydrogen-bond acceptors (Lipinski definition) is 4. The Hall–Kier alpha value is 0.288. The topological polar surface area (TPSA) is 60.4 Å². The number of carbonyl (C=O) groups is 1. The fourth-order valence-corrected chi connectivity index (χ4v) is 102. The maximum absolute atomic E-state index is 13.0. The highest BCUT2D eigenvalue weighted by molar-refractivity contribution is 7.97. The Bertz CT molecular complexity index is 444. The lowest BCUT2D eigenvalue weighted by molar-refractivity contribution is 0.226. The van der Waals surface area contributed by atoms with Crippen LogP contribution >= 0.6 is 0 Å². The molecule has 0 aliphatic heterocycles. The van der Waals surface area contributed by atoms with Gasteiger partial charge in [0.2, 0.25) is 0 Å². The summed E-state index contributed by atoms with van der Waals surface area (Å²) in [4.78, 5) is 13.0. The molecule has 20 heavy (non-hydrogen) atoms. The highest BCUT2D eigenvalue weighted by Gasteiger charge is 2.68. The first-order chi connectivity index (χ1) is 8.38. The summed E-state index contributed by atoms with van der Waals surface area (Å²) in [5.41, 5.74) is -0.350. The molecular weight excluding hydrogens is 341 g/mol. The monoisotopic (exact) mass is 370 g/mol. The van der Waals surface area contributed by atoms with Gasteiger partial charge >= 0.3 is 10.1 Å². The van der Waals surface area contributed by atoms with Crippen molar-refractivity contribution in [3.8, 4) is 0 Å². The number of carbonyl (C=O) groups excluding carboxylic acids is 1. The number of rotatable bonds is 5. The van der Waals surface area contributed by atoms with Crippen LogP contribution in [0.2, 0.25) is 58.9 Å². The van der Waals surface area contributed by atoms with Gasteiger partial charge in [-0.25, -0.2) is 0 Å². The first kappa shape index (κ1) is 20.3. The van der Waals surface area contributed by atoms with Crippen LogP contribution in [0.1, 0.15) is 0 Å². The second kappa shape index (κ2) is 5.49. The fourth-order valence-electron chi connectivity index (χ4n) is 4.49. The van der Waals surface area contributed by atoms with Gasteiger partial charge in [0.15, 0.2) is 6.63 Å². The first-order valence-corrected chi connectivity index (χ1v) is 24.1. The minimum Gasteiger partial charge on any atom is -0.353 e. The highest BCUT2D eigenvalue weighted by Crippen LogP contribution is 2.38. The van der Waals surface area contributed by atoms with Gasteiger partial charge in [-0.15, -0.1) is 0 Å². The minimum atomic E-state index is -3.74. The quantitative estimate of drug-likeness (QED) is 0.550. The van der Waals surface area contributed by atoms with E-state index in [9.17, 15) is 13.2 Å². The molecule has 0 radical (unpaired) electrons. The van der Waals surface area contributed by atoms with Crippen LogP contribution in [0.4, 0.5) is 4.79 Å². The second-order valence-electron chi connectivity index (χ2n) is 8.57. The molecule has 0 bridgehead atoms. The second-order valence-corrected chi connectivity index (χ2v) is 50.3. The summed E-state index contributed by atoms with van der Waals surface area (Å²) in [7, 11) is -9.28. The zero-order valence-corrected chi connectivity index (χ0v) is 19.4. The van der Waals surface area contributed by atoms with E-state index < -0.39 is 39.5 Å². The summed E-state index contributed by atoms with van der Waals surface area (Å²) in [5, 5.41) is 0. The molecule has 0 rings (SSSR count). The Labute approximate surface area is 127 Å². The van der Waals surface area contributed by atoms with Crippen LogP contribution < -0.4 is 0 Å². The molecule has 0 saturated heterocycles. The van der Waals surface area contributed by atoms with Crippen LogP contribution in [0, 0.1) is 0 Å². The van der Waals surface area contributed by atoms with E-state index in [1.54, 1.807) is 0 Å². The highest BCUT2D eigenvalue weighted by atomic mass is 32.2. The number of hydrogen-bond donors (Lipinski definition) is 0. The fraction of sp³-hybridized carbons (Fsp3) is 0.909. The molecule has 0 aliphatic carbocycles. The molecule has 0 unspecified atom stereocenters. The Morgan fingerprint density at radius 1 is 0.750 bits per heavy atom. The Balaban J connectivity index is 6.42. The molecule has 0 N–H and O–H groups in total. The normalized spacial score (nSPS) is 15.1. The summed E-state index contributed by atoms with van der Waals surface area (Å²) in [6.45, 7) is 17.6. The first-order valence-electron chi connectivity index (χ1n) is 6.82. The van der Waals surface area contributed by atoms with E-state index in [2.05, 4.69) is 58.9 Å². The van der Waals surface area contributed by atoms with E-state index in [1.807, 2.05) is 0 Å². The molecule has 0 heterocycles. The van der Waals surface area contributed by atoms with Crippen molar-refractivity contribution < 1.29 is 17.4 Å². The van der Waals surface area contributed by atoms with E-state index in [4.69, 9.17) is 4.18 Å². The molecular formula is C11H30O4SSi4. The Morgan fingerprint density at radius 2 is 1.00 bits per heavy atom. The lowest BCUT2D eigenvalue weighted by Crippen LogP contribution is -2.86. The average Bonchev–Trinajstić information content (AvgIpc) is 1.88. The molecule has 0 aromatic carbocycles. The summed E-state index contributed by atoms with van der Waals surface area (Å²) < 4.78 is 28.0. The van der Waals surface area contributed by atoms with Gasteiger partial charge in [-0.2, -0.15) is 8.42 Å². The maximum Gasteiger partial charge on any atom is 0.308 e. The van der Waals surface area contributed by atoms with Gasteiger partial charge < -0.3 is 4.18 Å². The molecule has 4 nitrogen and oxygen atoms in total. The van der Waals surface area contributed by atoms with Crippen molar-refractivity contribution >= 4 is 45.1 Å². The van der Waals surface area contributed by atoms with E-state index in [0.29, 0.717) is 0 Å². The molecule has 0 aromatic rings. The summed E-state index contributed by atoms with van der Waals surface area (Å²) >= 11 is 0. The van der Waals surface area contributed by atoms with E-state index in [0.717, 1.165) is 6.26 Å². The van der Waals surface area contributed by atoms with Crippen molar-refractivity contribution in [2.24, 2.45) is 0 Å². The molecule has 0 fully saturated rings. The molecule has 0 atom stereocenters. The predicted octanol–water partition coefficient (Wildman–Crippen LogP) is 3.36. The third-order valence-electron chi connectivity index (χ3n) is 3.91. The van der Waals surface area contributed by atoms with Crippen LogP contribution in [0.5, 0.6) is 0 Å². The van der Waals surface area contributed by atoms with Gasteiger partial charge in [0.25, 0.3) is 5.59 Å². The molecule has 0 aromatic heterocycles. The average molecular weight is 371 g/mol. The maximum atomic E-state index is 13.0. The minimum absolute atomic E-state index is 0.350. The van der Waals surface area contributed by atoms with Crippen molar-refractivity contribution in [3.05, 3.63) is 0 Å². The van der Waals surface area contributed by atoms with Crippen molar-refractivity contribution in [2.75, 3.05) is 6.26 Å². The van der Waals surface area contributed by atoms with Gasteiger partial charge in [-0.3, -0.25) is 4.79 Å². The third-order valence-corrected chi connectivity index (χ3v) is 74.6.